The van der Waals surface area contributed by atoms with Crippen LogP contribution in [0.25, 0.3) is 10.8 Å². The van der Waals surface area contributed by atoms with E-state index in [2.05, 4.69) is 97.7 Å². The second kappa shape index (κ2) is 10.2. The zero-order valence-electron chi connectivity index (χ0n) is 26.4. The Morgan fingerprint density at radius 3 is 2.27 bits per heavy atom. The van der Waals surface area contributed by atoms with Gasteiger partial charge in [0, 0.05) is 17.8 Å². The van der Waals surface area contributed by atoms with Crippen molar-refractivity contribution >= 4 is 46.8 Å². The second-order valence-electron chi connectivity index (χ2n) is 14.8. The fourth-order valence-electron chi connectivity index (χ4n) is 7.52. The maximum atomic E-state index is 14.6. The van der Waals surface area contributed by atoms with Gasteiger partial charge in [-0.3, -0.25) is 0 Å². The molecule has 2 fully saturated rings. The predicted octanol–water partition coefficient (Wildman–Crippen LogP) is 8.48. The van der Waals surface area contributed by atoms with Crippen molar-refractivity contribution in [3.8, 4) is 0 Å². The molecule has 0 aromatic heterocycles. The summed E-state index contributed by atoms with van der Waals surface area (Å²) < 4.78 is 41.3. The molecule has 0 radical (unpaired) electrons. The van der Waals surface area contributed by atoms with Crippen molar-refractivity contribution in [1.29, 1.82) is 0 Å². The van der Waals surface area contributed by atoms with E-state index in [0.29, 0.717) is 5.92 Å². The molecule has 222 valence electrons. The first-order valence-corrected chi connectivity index (χ1v) is 21.7. The van der Waals surface area contributed by atoms with Gasteiger partial charge in [0.25, 0.3) is 10.0 Å². The fourth-order valence-corrected chi connectivity index (χ4v) is 15.6. The van der Waals surface area contributed by atoms with Crippen LogP contribution < -0.4 is 10.6 Å². The third-order valence-corrected chi connectivity index (χ3v) is 21.6. The molecule has 0 spiro atoms. The van der Waals surface area contributed by atoms with Crippen LogP contribution in [-0.4, -0.2) is 35.3 Å². The van der Waals surface area contributed by atoms with E-state index in [9.17, 15) is 8.42 Å². The molecule has 2 saturated carbocycles. The third kappa shape index (κ3) is 5.11. The number of aryl methyl sites for hydroxylation is 1. The Bertz CT molecular complexity index is 1620. The van der Waals surface area contributed by atoms with E-state index >= 15 is 0 Å². The summed E-state index contributed by atoms with van der Waals surface area (Å²) >= 11 is 0. The standard InChI is InChI=1S/C34H48NO3PSSi/c1-25-19-20-26-15-13-14-18-29(26)31(25)39(7,28-16-11-10-12-17-28)35-40(36,37)24-34-22-21-27(33(34,5)6)23-30(34)38-41(8,9)32(2,3)4/h10-20,27,30H,21-24H2,1-9H3/t27-,30-,34-,39?/m1/s1. The van der Waals surface area contributed by atoms with Crippen LogP contribution in [0.1, 0.15) is 59.4 Å². The van der Waals surface area contributed by atoms with Crippen molar-refractivity contribution in [1.82, 2.24) is 0 Å². The van der Waals surface area contributed by atoms with Crippen molar-refractivity contribution < 1.29 is 12.8 Å². The zero-order chi connectivity index (χ0) is 30.1. The number of nitrogens with zero attached hydrogens (tertiary/aromatic N) is 1. The second-order valence-corrected chi connectivity index (χ2v) is 24.5. The summed E-state index contributed by atoms with van der Waals surface area (Å²) in [5.41, 5.74) is 0.520. The Hall–Kier alpha value is -1.72. The molecule has 3 aromatic rings. The largest absolute Gasteiger partial charge is 0.413 e. The Morgan fingerprint density at radius 1 is 1.00 bits per heavy atom. The summed E-state index contributed by atoms with van der Waals surface area (Å²) in [6.45, 7) is 20.1. The SMILES string of the molecule is Cc1ccc2ccccc2c1P(C)(=NS(=O)(=O)C[C@]12CC[C@H](C[C@H]1O[Si](C)(C)C(C)(C)C)C2(C)C)c1ccccc1. The van der Waals surface area contributed by atoms with E-state index in [4.69, 9.17) is 8.58 Å². The Labute approximate surface area is 249 Å². The molecule has 2 aliphatic carbocycles. The molecule has 1 unspecified atom stereocenters. The van der Waals surface area contributed by atoms with Crippen molar-refractivity contribution in [3.05, 3.63) is 72.3 Å². The van der Waals surface area contributed by atoms with E-state index in [1.54, 1.807) is 0 Å². The molecule has 7 heteroatoms. The van der Waals surface area contributed by atoms with E-state index < -0.39 is 30.8 Å². The van der Waals surface area contributed by atoms with E-state index in [-0.39, 0.29) is 22.3 Å². The average molecular weight is 610 g/mol. The molecule has 4 atom stereocenters. The Kier molecular flexibility index (Phi) is 7.63. The Morgan fingerprint density at radius 2 is 1.63 bits per heavy atom. The molecule has 3 aromatic carbocycles. The van der Waals surface area contributed by atoms with Crippen LogP contribution in [-0.2, 0) is 14.4 Å². The van der Waals surface area contributed by atoms with Crippen LogP contribution in [0.4, 0.5) is 0 Å². The lowest BCUT2D eigenvalue weighted by atomic mass is 9.70. The minimum absolute atomic E-state index is 0.0506. The number of hydrogen-bond acceptors (Lipinski definition) is 3. The molecule has 0 N–H and O–H groups in total. The quantitative estimate of drug-likeness (QED) is 0.199. The zero-order valence-corrected chi connectivity index (χ0v) is 29.1. The van der Waals surface area contributed by atoms with Gasteiger partial charge < -0.3 is 4.43 Å². The highest BCUT2D eigenvalue weighted by atomic mass is 32.2. The van der Waals surface area contributed by atoms with Gasteiger partial charge in [0.1, 0.15) is 0 Å². The minimum atomic E-state index is -3.83. The number of fused-ring (bicyclic) bond motifs is 3. The van der Waals surface area contributed by atoms with Gasteiger partial charge in [-0.15, -0.1) is 0 Å². The average Bonchev–Trinajstić information content (AvgIpc) is 3.22. The molecule has 5 rings (SSSR count). The highest BCUT2D eigenvalue weighted by Gasteiger charge is 2.66. The molecule has 41 heavy (non-hydrogen) atoms. The first kappa shape index (κ1) is 30.7. The lowest BCUT2D eigenvalue weighted by molar-refractivity contribution is 0.0237. The van der Waals surface area contributed by atoms with Gasteiger partial charge in [0.2, 0.25) is 0 Å². The van der Waals surface area contributed by atoms with Gasteiger partial charge in [0.15, 0.2) is 8.32 Å². The van der Waals surface area contributed by atoms with Crippen molar-refractivity contribution in [2.24, 2.45) is 20.9 Å². The number of hydrogen-bond donors (Lipinski definition) is 0. The minimum Gasteiger partial charge on any atom is -0.413 e. The van der Waals surface area contributed by atoms with Crippen LogP contribution in [0.5, 0.6) is 0 Å². The van der Waals surface area contributed by atoms with Crippen molar-refractivity contribution in [3.63, 3.8) is 0 Å². The summed E-state index contributed by atoms with van der Waals surface area (Å²) in [6, 6.07) is 22.6. The maximum Gasteiger partial charge on any atom is 0.253 e. The Balaban J connectivity index is 1.68. The highest BCUT2D eigenvalue weighted by molar-refractivity contribution is 7.97. The topological polar surface area (TPSA) is 55.7 Å². The lowest BCUT2D eigenvalue weighted by Gasteiger charge is -2.47. The smallest absolute Gasteiger partial charge is 0.253 e. The van der Waals surface area contributed by atoms with Crippen LogP contribution in [0.15, 0.2) is 70.9 Å². The van der Waals surface area contributed by atoms with Crippen LogP contribution >= 0.6 is 7.05 Å². The van der Waals surface area contributed by atoms with Crippen molar-refractivity contribution in [2.75, 3.05) is 12.4 Å². The molecular formula is C34H48NO3PSSi. The van der Waals surface area contributed by atoms with Crippen LogP contribution in [0, 0.1) is 23.7 Å². The molecule has 2 aliphatic rings. The van der Waals surface area contributed by atoms with Gasteiger partial charge in [-0.1, -0.05) is 101 Å². The number of rotatable bonds is 7. The van der Waals surface area contributed by atoms with Gasteiger partial charge in [-0.05, 0) is 84.0 Å². The highest BCUT2D eigenvalue weighted by Crippen LogP contribution is 2.68. The summed E-state index contributed by atoms with van der Waals surface area (Å²) in [5.74, 6) is 0.526. The van der Waals surface area contributed by atoms with Gasteiger partial charge in [-0.25, -0.2) is 8.42 Å². The predicted molar refractivity (Wildman–Crippen MR) is 179 cm³/mol. The van der Waals surface area contributed by atoms with E-state index in [0.717, 1.165) is 46.2 Å². The molecular weight excluding hydrogens is 562 g/mol. The third-order valence-electron chi connectivity index (χ3n) is 11.1. The summed E-state index contributed by atoms with van der Waals surface area (Å²) in [4.78, 5) is 0. The summed E-state index contributed by atoms with van der Waals surface area (Å²) in [7, 11) is -8.62. The van der Waals surface area contributed by atoms with Crippen LogP contribution in [0.3, 0.4) is 0 Å². The number of benzene rings is 3. The molecule has 4 nitrogen and oxygen atoms in total. The van der Waals surface area contributed by atoms with Gasteiger partial charge >= 0.3 is 0 Å². The van der Waals surface area contributed by atoms with Gasteiger partial charge in [0.05, 0.1) is 11.9 Å². The van der Waals surface area contributed by atoms with Crippen LogP contribution in [0.2, 0.25) is 18.1 Å². The monoisotopic (exact) mass is 609 g/mol. The van der Waals surface area contributed by atoms with E-state index in [1.165, 1.54) is 0 Å². The van der Waals surface area contributed by atoms with E-state index in [1.807, 2.05) is 30.3 Å². The lowest BCUT2D eigenvalue weighted by Crippen LogP contribution is -2.52. The van der Waals surface area contributed by atoms with Crippen molar-refractivity contribution in [2.45, 2.75) is 85.0 Å². The first-order chi connectivity index (χ1) is 18.9. The molecule has 0 amide bonds. The van der Waals surface area contributed by atoms with Gasteiger partial charge in [-0.2, -0.15) is 4.15 Å². The molecule has 0 aliphatic heterocycles. The molecule has 0 saturated heterocycles. The molecule has 2 bridgehead atoms. The normalized spacial score (nSPS) is 25.8. The first-order valence-electron chi connectivity index (χ1n) is 15.0. The molecule has 0 heterocycles. The number of sulfonamides is 1. The maximum absolute atomic E-state index is 14.6. The fraction of sp³-hybridized carbons (Fsp3) is 0.529. The summed E-state index contributed by atoms with van der Waals surface area (Å²) in [6.07, 6.45) is 2.84. The summed E-state index contributed by atoms with van der Waals surface area (Å²) in [5, 5.41) is 4.31.